The van der Waals surface area contributed by atoms with E-state index in [0.29, 0.717) is 17.1 Å². The molecule has 1 aliphatic heterocycles. The predicted octanol–water partition coefficient (Wildman–Crippen LogP) is 1.43. The third-order valence-electron chi connectivity index (χ3n) is 3.84. The summed E-state index contributed by atoms with van der Waals surface area (Å²) in [5.41, 5.74) is 0.659. The molecule has 6 nitrogen and oxygen atoms in total. The van der Waals surface area contributed by atoms with E-state index in [1.54, 1.807) is 22.7 Å². The number of halogens is 1. The number of rotatable bonds is 3. The first-order valence-corrected chi connectivity index (χ1v) is 7.23. The Morgan fingerprint density at radius 2 is 2.05 bits per heavy atom. The van der Waals surface area contributed by atoms with E-state index in [-0.39, 0.29) is 5.69 Å². The van der Waals surface area contributed by atoms with Crippen molar-refractivity contribution in [2.75, 3.05) is 33.2 Å². The fourth-order valence-corrected chi connectivity index (χ4v) is 2.76. The van der Waals surface area contributed by atoms with Crippen LogP contribution in [0.25, 0.3) is 5.52 Å². The van der Waals surface area contributed by atoms with E-state index < -0.39 is 5.97 Å². The molecule has 0 aliphatic carbocycles. The van der Waals surface area contributed by atoms with E-state index >= 15 is 0 Å². The first-order chi connectivity index (χ1) is 10.0. The highest BCUT2D eigenvalue weighted by atomic mass is 35.5. The number of hydrogen-bond acceptors (Lipinski definition) is 4. The van der Waals surface area contributed by atoms with Crippen LogP contribution in [0, 0.1) is 0 Å². The van der Waals surface area contributed by atoms with Crippen LogP contribution in [0.5, 0.6) is 0 Å². The van der Waals surface area contributed by atoms with Crippen LogP contribution in [0.4, 0.5) is 0 Å². The molecular formula is C14H17ClN4O2. The Morgan fingerprint density at radius 1 is 1.33 bits per heavy atom. The SMILES string of the molecule is CN1CCN(Cc2nc(C(=O)O)c3ccc(Cl)cn23)CC1. The largest absolute Gasteiger partial charge is 0.476 e. The fourth-order valence-electron chi connectivity index (χ4n) is 2.60. The topological polar surface area (TPSA) is 61.1 Å². The molecule has 0 aromatic carbocycles. The van der Waals surface area contributed by atoms with Crippen molar-refractivity contribution < 1.29 is 9.90 Å². The molecule has 1 N–H and O–H groups in total. The average Bonchev–Trinajstić information content (AvgIpc) is 2.80. The highest BCUT2D eigenvalue weighted by Crippen LogP contribution is 2.19. The molecule has 3 rings (SSSR count). The van der Waals surface area contributed by atoms with Gasteiger partial charge in [0, 0.05) is 32.4 Å². The molecule has 0 radical (unpaired) electrons. The Kier molecular flexibility index (Phi) is 3.84. The van der Waals surface area contributed by atoms with Gasteiger partial charge in [0.05, 0.1) is 17.1 Å². The zero-order valence-corrected chi connectivity index (χ0v) is 12.5. The van der Waals surface area contributed by atoms with Crippen LogP contribution in [0.15, 0.2) is 18.3 Å². The van der Waals surface area contributed by atoms with E-state index in [4.69, 9.17) is 11.6 Å². The number of pyridine rings is 1. The minimum absolute atomic E-state index is 0.0794. The molecule has 0 spiro atoms. The monoisotopic (exact) mass is 308 g/mol. The second kappa shape index (κ2) is 5.63. The Morgan fingerprint density at radius 3 is 2.71 bits per heavy atom. The zero-order valence-electron chi connectivity index (χ0n) is 11.8. The summed E-state index contributed by atoms with van der Waals surface area (Å²) in [7, 11) is 2.10. The molecule has 3 heterocycles. The summed E-state index contributed by atoms with van der Waals surface area (Å²) in [4.78, 5) is 20.2. The van der Waals surface area contributed by atoms with Gasteiger partial charge in [-0.25, -0.2) is 9.78 Å². The lowest BCUT2D eigenvalue weighted by molar-refractivity contribution is 0.0693. The van der Waals surface area contributed by atoms with Gasteiger partial charge in [0.15, 0.2) is 5.69 Å². The Bertz CT molecular complexity index is 677. The number of nitrogens with zero attached hydrogens (tertiary/aromatic N) is 4. The lowest BCUT2D eigenvalue weighted by Crippen LogP contribution is -2.44. The normalized spacial score (nSPS) is 17.4. The maximum absolute atomic E-state index is 11.3. The van der Waals surface area contributed by atoms with Crippen molar-refractivity contribution in [1.29, 1.82) is 0 Å². The number of aromatic nitrogens is 2. The summed E-state index contributed by atoms with van der Waals surface area (Å²) in [6.45, 7) is 4.55. The Labute approximate surface area is 127 Å². The maximum atomic E-state index is 11.3. The van der Waals surface area contributed by atoms with Crippen LogP contribution in [0.1, 0.15) is 16.3 Å². The number of likely N-dealkylation sites (N-methyl/N-ethyl adjacent to an activating group) is 1. The standard InChI is InChI=1S/C14H17ClN4O2/c1-17-4-6-18(7-5-17)9-12-16-13(14(20)21)11-3-2-10(15)8-19(11)12/h2-3,8H,4-7,9H2,1H3,(H,20,21). The minimum Gasteiger partial charge on any atom is -0.476 e. The van der Waals surface area contributed by atoms with Crippen LogP contribution < -0.4 is 0 Å². The van der Waals surface area contributed by atoms with Crippen molar-refractivity contribution >= 4 is 23.1 Å². The lowest BCUT2D eigenvalue weighted by atomic mass is 10.3. The molecular weight excluding hydrogens is 292 g/mol. The number of carbonyl (C=O) groups is 1. The Hall–Kier alpha value is -1.63. The number of aromatic carboxylic acids is 1. The Balaban J connectivity index is 1.94. The van der Waals surface area contributed by atoms with Gasteiger partial charge in [-0.2, -0.15) is 0 Å². The van der Waals surface area contributed by atoms with Crippen LogP contribution in [0.3, 0.4) is 0 Å². The number of piperazine rings is 1. The van der Waals surface area contributed by atoms with Gasteiger partial charge in [-0.05, 0) is 19.2 Å². The summed E-state index contributed by atoms with van der Waals surface area (Å²) in [5, 5.41) is 9.84. The lowest BCUT2D eigenvalue weighted by Gasteiger charge is -2.31. The number of carboxylic acids is 1. The van der Waals surface area contributed by atoms with Crippen molar-refractivity contribution in [2.24, 2.45) is 0 Å². The molecule has 1 fully saturated rings. The number of imidazole rings is 1. The van der Waals surface area contributed by atoms with E-state index in [1.807, 2.05) is 0 Å². The van der Waals surface area contributed by atoms with Gasteiger partial charge < -0.3 is 14.4 Å². The smallest absolute Gasteiger partial charge is 0.356 e. The summed E-state index contributed by atoms with van der Waals surface area (Å²) >= 11 is 6.03. The third-order valence-corrected chi connectivity index (χ3v) is 4.06. The summed E-state index contributed by atoms with van der Waals surface area (Å²) < 4.78 is 1.78. The second-order valence-corrected chi connectivity index (χ2v) is 5.80. The van der Waals surface area contributed by atoms with Gasteiger partial charge in [0.2, 0.25) is 0 Å². The second-order valence-electron chi connectivity index (χ2n) is 5.36. The zero-order chi connectivity index (χ0) is 15.0. The molecule has 0 unspecified atom stereocenters. The number of fused-ring (bicyclic) bond motifs is 1. The van der Waals surface area contributed by atoms with Crippen LogP contribution >= 0.6 is 11.6 Å². The highest BCUT2D eigenvalue weighted by molar-refractivity contribution is 6.30. The molecule has 21 heavy (non-hydrogen) atoms. The van der Waals surface area contributed by atoms with Gasteiger partial charge in [-0.15, -0.1) is 0 Å². The molecule has 2 aromatic rings. The molecule has 1 saturated heterocycles. The molecule has 0 saturated carbocycles. The maximum Gasteiger partial charge on any atom is 0.356 e. The van der Waals surface area contributed by atoms with Gasteiger partial charge in [0.1, 0.15) is 5.82 Å². The van der Waals surface area contributed by atoms with Crippen molar-refractivity contribution in [3.63, 3.8) is 0 Å². The molecule has 1 aliphatic rings. The van der Waals surface area contributed by atoms with Crippen LogP contribution in [-0.4, -0.2) is 63.5 Å². The number of carboxylic acid groups (broad SMARTS) is 1. The summed E-state index contributed by atoms with van der Waals surface area (Å²) in [6, 6.07) is 3.39. The van der Waals surface area contributed by atoms with Gasteiger partial charge in [0.25, 0.3) is 0 Å². The average molecular weight is 309 g/mol. The van der Waals surface area contributed by atoms with E-state index in [0.717, 1.165) is 32.0 Å². The van der Waals surface area contributed by atoms with Crippen LogP contribution in [-0.2, 0) is 6.54 Å². The molecule has 7 heteroatoms. The molecule has 0 amide bonds. The summed E-state index contributed by atoms with van der Waals surface area (Å²) in [6.07, 6.45) is 1.72. The molecule has 112 valence electrons. The van der Waals surface area contributed by atoms with Gasteiger partial charge >= 0.3 is 5.97 Å². The van der Waals surface area contributed by atoms with Gasteiger partial charge in [-0.1, -0.05) is 11.6 Å². The third kappa shape index (κ3) is 2.88. The number of hydrogen-bond donors (Lipinski definition) is 1. The fraction of sp³-hybridized carbons (Fsp3) is 0.429. The first kappa shape index (κ1) is 14.3. The molecule has 0 atom stereocenters. The van der Waals surface area contributed by atoms with E-state index in [2.05, 4.69) is 21.8 Å². The molecule has 0 bridgehead atoms. The van der Waals surface area contributed by atoms with E-state index in [1.165, 1.54) is 0 Å². The first-order valence-electron chi connectivity index (χ1n) is 6.85. The van der Waals surface area contributed by atoms with Crippen molar-refractivity contribution in [3.05, 3.63) is 34.9 Å². The van der Waals surface area contributed by atoms with Crippen LogP contribution in [0.2, 0.25) is 5.02 Å². The van der Waals surface area contributed by atoms with Crippen molar-refractivity contribution in [1.82, 2.24) is 19.2 Å². The van der Waals surface area contributed by atoms with Gasteiger partial charge in [-0.3, -0.25) is 4.90 Å². The predicted molar refractivity (Wildman–Crippen MR) is 79.9 cm³/mol. The summed E-state index contributed by atoms with van der Waals surface area (Å²) in [5.74, 6) is -0.297. The highest BCUT2D eigenvalue weighted by Gasteiger charge is 2.20. The van der Waals surface area contributed by atoms with Crippen molar-refractivity contribution in [3.8, 4) is 0 Å². The minimum atomic E-state index is -1.01. The van der Waals surface area contributed by atoms with E-state index in [9.17, 15) is 9.90 Å². The van der Waals surface area contributed by atoms with Crippen molar-refractivity contribution in [2.45, 2.75) is 6.54 Å². The molecule has 2 aromatic heterocycles. The quantitative estimate of drug-likeness (QED) is 0.929.